The standard InChI is InChI=1S/C16H22N2O4S/c1-2-10-17-15(22)16(8-4-3-5-9-16)18-13(19)11-6-7-12(23-11)14(20)21/h6-7H,2-5,8-10H2,1H3,(H,17,22)(H,18,19)(H,20,21). The maximum absolute atomic E-state index is 12.5. The first-order valence-corrected chi connectivity index (χ1v) is 8.74. The topological polar surface area (TPSA) is 95.5 Å². The Balaban J connectivity index is 2.14. The van der Waals surface area contributed by atoms with Crippen LogP contribution in [0.2, 0.25) is 0 Å². The summed E-state index contributed by atoms with van der Waals surface area (Å²) in [5.74, 6) is -1.57. The smallest absolute Gasteiger partial charge is 0.345 e. The molecule has 1 fully saturated rings. The fourth-order valence-electron chi connectivity index (χ4n) is 2.83. The lowest BCUT2D eigenvalue weighted by atomic mass is 9.80. The summed E-state index contributed by atoms with van der Waals surface area (Å²) < 4.78 is 0. The van der Waals surface area contributed by atoms with Crippen molar-refractivity contribution in [1.29, 1.82) is 0 Å². The Morgan fingerprint density at radius 1 is 1.17 bits per heavy atom. The Morgan fingerprint density at radius 3 is 2.39 bits per heavy atom. The third-order valence-electron chi connectivity index (χ3n) is 4.07. The number of hydrogen-bond donors (Lipinski definition) is 3. The number of carbonyl (C=O) groups is 3. The highest BCUT2D eigenvalue weighted by atomic mass is 32.1. The van der Waals surface area contributed by atoms with Gasteiger partial charge in [0.05, 0.1) is 4.88 Å². The first-order valence-electron chi connectivity index (χ1n) is 7.92. The number of carboxylic acid groups (broad SMARTS) is 1. The van der Waals surface area contributed by atoms with Crippen molar-refractivity contribution in [1.82, 2.24) is 10.6 Å². The summed E-state index contributed by atoms with van der Waals surface area (Å²) in [5.41, 5.74) is -0.877. The molecule has 1 aliphatic rings. The molecule has 1 aliphatic carbocycles. The molecule has 6 nitrogen and oxygen atoms in total. The molecule has 0 radical (unpaired) electrons. The van der Waals surface area contributed by atoms with E-state index in [0.29, 0.717) is 24.3 Å². The van der Waals surface area contributed by atoms with Crippen molar-refractivity contribution in [3.63, 3.8) is 0 Å². The highest BCUT2D eigenvalue weighted by molar-refractivity contribution is 7.15. The number of aromatic carboxylic acids is 1. The van der Waals surface area contributed by atoms with Crippen molar-refractivity contribution in [2.75, 3.05) is 6.54 Å². The number of amides is 2. The van der Waals surface area contributed by atoms with Gasteiger partial charge in [0.2, 0.25) is 5.91 Å². The number of nitrogens with one attached hydrogen (secondary N) is 2. The molecule has 0 unspecified atom stereocenters. The Bertz CT molecular complexity index is 591. The number of carbonyl (C=O) groups excluding carboxylic acids is 2. The molecule has 0 bridgehead atoms. The van der Waals surface area contributed by atoms with Gasteiger partial charge in [0, 0.05) is 6.54 Å². The second kappa shape index (κ2) is 7.59. The van der Waals surface area contributed by atoms with Crippen LogP contribution in [0.4, 0.5) is 0 Å². The molecule has 0 atom stereocenters. The predicted octanol–water partition coefficient (Wildman–Crippen LogP) is 2.41. The maximum atomic E-state index is 12.5. The minimum Gasteiger partial charge on any atom is -0.477 e. The normalized spacial score (nSPS) is 16.6. The van der Waals surface area contributed by atoms with Gasteiger partial charge >= 0.3 is 5.97 Å². The van der Waals surface area contributed by atoms with Crippen LogP contribution in [0.25, 0.3) is 0 Å². The van der Waals surface area contributed by atoms with Crippen molar-refractivity contribution in [2.24, 2.45) is 0 Å². The van der Waals surface area contributed by atoms with Crippen LogP contribution in [0.5, 0.6) is 0 Å². The molecule has 1 heterocycles. The van der Waals surface area contributed by atoms with Crippen LogP contribution in [0.1, 0.15) is 64.8 Å². The molecular weight excluding hydrogens is 316 g/mol. The van der Waals surface area contributed by atoms with E-state index in [1.807, 2.05) is 6.92 Å². The van der Waals surface area contributed by atoms with Crippen LogP contribution < -0.4 is 10.6 Å². The van der Waals surface area contributed by atoms with Crippen LogP contribution in [-0.4, -0.2) is 35.0 Å². The Hall–Kier alpha value is -1.89. The Kier molecular flexibility index (Phi) is 5.76. The molecule has 126 valence electrons. The van der Waals surface area contributed by atoms with Gasteiger partial charge in [-0.2, -0.15) is 0 Å². The zero-order valence-corrected chi connectivity index (χ0v) is 14.0. The van der Waals surface area contributed by atoms with Gasteiger partial charge in [-0.3, -0.25) is 9.59 Å². The number of carboxylic acids is 1. The van der Waals surface area contributed by atoms with Gasteiger partial charge in [-0.25, -0.2) is 4.79 Å². The first-order chi connectivity index (χ1) is 11.0. The van der Waals surface area contributed by atoms with Crippen LogP contribution >= 0.6 is 11.3 Å². The van der Waals surface area contributed by atoms with Crippen LogP contribution in [0.3, 0.4) is 0 Å². The molecule has 1 aromatic heterocycles. The summed E-state index contributed by atoms with van der Waals surface area (Å²) in [7, 11) is 0. The van der Waals surface area contributed by atoms with Gasteiger partial charge in [0.25, 0.3) is 5.91 Å². The van der Waals surface area contributed by atoms with Gasteiger partial charge in [-0.15, -0.1) is 11.3 Å². The van der Waals surface area contributed by atoms with E-state index in [0.717, 1.165) is 37.0 Å². The number of thiophene rings is 1. The predicted molar refractivity (Wildman–Crippen MR) is 87.9 cm³/mol. The third-order valence-corrected chi connectivity index (χ3v) is 5.14. The summed E-state index contributed by atoms with van der Waals surface area (Å²) in [6.45, 7) is 2.56. The summed E-state index contributed by atoms with van der Waals surface area (Å²) in [4.78, 5) is 36.4. The van der Waals surface area contributed by atoms with Crippen LogP contribution in [0, 0.1) is 0 Å². The molecule has 2 amide bonds. The minimum absolute atomic E-state index is 0.114. The van der Waals surface area contributed by atoms with Crippen molar-refractivity contribution in [2.45, 2.75) is 51.0 Å². The molecular formula is C16H22N2O4S. The van der Waals surface area contributed by atoms with E-state index in [1.54, 1.807) is 0 Å². The fraction of sp³-hybridized carbons (Fsp3) is 0.562. The molecule has 0 spiro atoms. The van der Waals surface area contributed by atoms with Crippen molar-refractivity contribution < 1.29 is 19.5 Å². The third kappa shape index (κ3) is 4.10. The highest BCUT2D eigenvalue weighted by Crippen LogP contribution is 2.29. The van der Waals surface area contributed by atoms with Gasteiger partial charge in [0.15, 0.2) is 0 Å². The summed E-state index contributed by atoms with van der Waals surface area (Å²) >= 11 is 0.923. The lowest BCUT2D eigenvalue weighted by Crippen LogP contribution is -2.59. The monoisotopic (exact) mass is 338 g/mol. The Morgan fingerprint density at radius 2 is 1.83 bits per heavy atom. The molecule has 0 aliphatic heterocycles. The number of hydrogen-bond acceptors (Lipinski definition) is 4. The van der Waals surface area contributed by atoms with Gasteiger partial charge < -0.3 is 15.7 Å². The molecule has 23 heavy (non-hydrogen) atoms. The molecule has 1 aromatic rings. The highest BCUT2D eigenvalue weighted by Gasteiger charge is 2.41. The summed E-state index contributed by atoms with van der Waals surface area (Å²) in [6.07, 6.45) is 4.91. The van der Waals surface area contributed by atoms with E-state index in [1.165, 1.54) is 12.1 Å². The zero-order valence-electron chi connectivity index (χ0n) is 13.2. The zero-order chi connectivity index (χ0) is 16.9. The van der Waals surface area contributed by atoms with Crippen molar-refractivity contribution in [3.05, 3.63) is 21.9 Å². The quantitative estimate of drug-likeness (QED) is 0.742. The van der Waals surface area contributed by atoms with Crippen LogP contribution in [0.15, 0.2) is 12.1 Å². The van der Waals surface area contributed by atoms with Crippen molar-refractivity contribution in [3.8, 4) is 0 Å². The van der Waals surface area contributed by atoms with E-state index >= 15 is 0 Å². The molecule has 3 N–H and O–H groups in total. The van der Waals surface area contributed by atoms with Gasteiger partial charge in [-0.05, 0) is 31.4 Å². The van der Waals surface area contributed by atoms with E-state index < -0.39 is 11.5 Å². The van der Waals surface area contributed by atoms with E-state index in [9.17, 15) is 14.4 Å². The van der Waals surface area contributed by atoms with Crippen LogP contribution in [-0.2, 0) is 4.79 Å². The summed E-state index contributed by atoms with van der Waals surface area (Å²) in [5, 5.41) is 14.7. The molecule has 7 heteroatoms. The maximum Gasteiger partial charge on any atom is 0.345 e. The second-order valence-corrected chi connectivity index (χ2v) is 6.91. The summed E-state index contributed by atoms with van der Waals surface area (Å²) in [6, 6.07) is 2.90. The average molecular weight is 338 g/mol. The second-order valence-electron chi connectivity index (χ2n) is 5.82. The number of rotatable bonds is 6. The lowest BCUT2D eigenvalue weighted by Gasteiger charge is -2.36. The molecule has 0 saturated heterocycles. The van der Waals surface area contributed by atoms with Gasteiger partial charge in [0.1, 0.15) is 10.4 Å². The largest absolute Gasteiger partial charge is 0.477 e. The molecule has 1 saturated carbocycles. The Labute approximate surface area is 139 Å². The van der Waals surface area contributed by atoms with Gasteiger partial charge in [-0.1, -0.05) is 26.2 Å². The fourth-order valence-corrected chi connectivity index (χ4v) is 3.57. The SMILES string of the molecule is CCCNC(=O)C1(NC(=O)c2ccc(C(=O)O)s2)CCCCC1. The average Bonchev–Trinajstić information content (AvgIpc) is 3.03. The first kappa shape index (κ1) is 17.5. The minimum atomic E-state index is -1.05. The lowest BCUT2D eigenvalue weighted by molar-refractivity contribution is -0.128. The van der Waals surface area contributed by atoms with E-state index in [4.69, 9.17) is 5.11 Å². The molecule has 0 aromatic carbocycles. The van der Waals surface area contributed by atoms with E-state index in [-0.39, 0.29) is 16.7 Å². The van der Waals surface area contributed by atoms with E-state index in [2.05, 4.69) is 10.6 Å². The molecule has 2 rings (SSSR count). The van der Waals surface area contributed by atoms with Crippen molar-refractivity contribution >= 4 is 29.1 Å².